The third-order valence-electron chi connectivity index (χ3n) is 5.00. The zero-order valence-electron chi connectivity index (χ0n) is 14.9. The number of carbonyl (C=O) groups excluding carboxylic acids is 1. The van der Waals surface area contributed by atoms with Crippen LogP contribution in [-0.2, 0) is 15.6 Å². The first-order chi connectivity index (χ1) is 12.3. The van der Waals surface area contributed by atoms with Crippen LogP contribution in [0.3, 0.4) is 0 Å². The average molecular weight is 372 g/mol. The van der Waals surface area contributed by atoms with E-state index in [0.29, 0.717) is 25.2 Å². The lowest BCUT2D eigenvalue weighted by molar-refractivity contribution is 0.0777. The van der Waals surface area contributed by atoms with Crippen molar-refractivity contribution in [2.24, 2.45) is 11.1 Å². The highest BCUT2D eigenvalue weighted by Gasteiger charge is 2.35. The summed E-state index contributed by atoms with van der Waals surface area (Å²) in [5.74, 6) is -0.128. The molecule has 1 aliphatic heterocycles. The van der Waals surface area contributed by atoms with Crippen LogP contribution in [0.25, 0.3) is 0 Å². The van der Waals surface area contributed by atoms with Crippen molar-refractivity contribution in [2.45, 2.75) is 24.0 Å². The Kier molecular flexibility index (Phi) is 5.16. The van der Waals surface area contributed by atoms with Crippen LogP contribution in [0.5, 0.6) is 0 Å². The predicted octanol–water partition coefficient (Wildman–Crippen LogP) is 2.47. The zero-order chi connectivity index (χ0) is 18.8. The number of likely N-dealkylation sites (tertiary alicyclic amines) is 1. The number of hydrogen-bond acceptors (Lipinski definition) is 4. The minimum atomic E-state index is -3.44. The number of amides is 1. The van der Waals surface area contributed by atoms with Gasteiger partial charge < -0.3 is 10.6 Å². The minimum Gasteiger partial charge on any atom is -0.338 e. The van der Waals surface area contributed by atoms with Gasteiger partial charge in [-0.05, 0) is 48.2 Å². The normalized spacial score (nSPS) is 20.3. The molecule has 138 valence electrons. The molecule has 2 aromatic carbocycles. The van der Waals surface area contributed by atoms with Crippen LogP contribution in [0.2, 0.25) is 0 Å². The fourth-order valence-electron chi connectivity index (χ4n) is 3.23. The number of rotatable bonds is 5. The number of nitrogens with zero attached hydrogens (tertiary/aromatic N) is 1. The second-order valence-corrected chi connectivity index (χ2v) is 9.25. The third-order valence-corrected chi connectivity index (χ3v) is 6.70. The molecule has 6 heteroatoms. The summed E-state index contributed by atoms with van der Waals surface area (Å²) < 4.78 is 25.1. The number of carbonyl (C=O) groups is 1. The molecule has 0 saturated carbocycles. The van der Waals surface area contributed by atoms with Crippen molar-refractivity contribution in [1.82, 2.24) is 4.90 Å². The molecule has 1 aliphatic rings. The van der Waals surface area contributed by atoms with E-state index in [9.17, 15) is 13.2 Å². The van der Waals surface area contributed by atoms with Gasteiger partial charge in [-0.15, -0.1) is 0 Å². The van der Waals surface area contributed by atoms with Gasteiger partial charge in [-0.3, -0.25) is 4.79 Å². The SMILES string of the molecule is CC1(CN)CCN(C(=O)c2ccc(S(=O)(=O)Cc3ccccc3)cc2)C1. The molecule has 2 aromatic rings. The maximum atomic E-state index is 12.6. The van der Waals surface area contributed by atoms with Crippen LogP contribution < -0.4 is 5.73 Å². The van der Waals surface area contributed by atoms with Crippen molar-refractivity contribution in [3.05, 3.63) is 65.7 Å². The Hall–Kier alpha value is -2.18. The van der Waals surface area contributed by atoms with E-state index in [1.807, 2.05) is 18.2 Å². The van der Waals surface area contributed by atoms with Gasteiger partial charge in [0.1, 0.15) is 0 Å². The van der Waals surface area contributed by atoms with E-state index in [1.165, 1.54) is 12.1 Å². The predicted molar refractivity (Wildman–Crippen MR) is 101 cm³/mol. The quantitative estimate of drug-likeness (QED) is 0.874. The first-order valence-corrected chi connectivity index (χ1v) is 10.3. The molecule has 0 bridgehead atoms. The standard InChI is InChI=1S/C20H24N2O3S/c1-20(14-21)11-12-22(15-20)19(23)17-7-9-18(10-8-17)26(24,25)13-16-5-3-2-4-6-16/h2-10H,11-15,21H2,1H3. The van der Waals surface area contributed by atoms with Crippen molar-refractivity contribution in [1.29, 1.82) is 0 Å². The van der Waals surface area contributed by atoms with Crippen LogP contribution in [0.4, 0.5) is 0 Å². The highest BCUT2D eigenvalue weighted by molar-refractivity contribution is 7.90. The van der Waals surface area contributed by atoms with Crippen molar-refractivity contribution in [3.8, 4) is 0 Å². The lowest BCUT2D eigenvalue weighted by Crippen LogP contribution is -2.34. The number of sulfone groups is 1. The van der Waals surface area contributed by atoms with Gasteiger partial charge in [0.2, 0.25) is 0 Å². The van der Waals surface area contributed by atoms with Gasteiger partial charge in [-0.25, -0.2) is 8.42 Å². The summed E-state index contributed by atoms with van der Waals surface area (Å²) >= 11 is 0. The molecule has 1 atom stereocenters. The van der Waals surface area contributed by atoms with Crippen LogP contribution >= 0.6 is 0 Å². The van der Waals surface area contributed by atoms with E-state index in [1.54, 1.807) is 29.2 Å². The summed E-state index contributed by atoms with van der Waals surface area (Å²) in [6, 6.07) is 15.3. The summed E-state index contributed by atoms with van der Waals surface area (Å²) in [5.41, 5.74) is 7.01. The van der Waals surface area contributed by atoms with E-state index in [2.05, 4.69) is 6.92 Å². The van der Waals surface area contributed by atoms with E-state index >= 15 is 0 Å². The molecule has 1 fully saturated rings. The van der Waals surface area contributed by atoms with Gasteiger partial charge in [0, 0.05) is 18.7 Å². The van der Waals surface area contributed by atoms with Gasteiger partial charge >= 0.3 is 0 Å². The van der Waals surface area contributed by atoms with Crippen LogP contribution in [0.15, 0.2) is 59.5 Å². The lowest BCUT2D eigenvalue weighted by atomic mass is 9.90. The molecule has 0 aliphatic carbocycles. The fourth-order valence-corrected chi connectivity index (χ4v) is 4.58. The highest BCUT2D eigenvalue weighted by atomic mass is 32.2. The monoisotopic (exact) mass is 372 g/mol. The van der Waals surface area contributed by atoms with E-state index < -0.39 is 9.84 Å². The highest BCUT2D eigenvalue weighted by Crippen LogP contribution is 2.29. The summed E-state index contributed by atoms with van der Waals surface area (Å²) in [6.45, 7) is 3.95. The summed E-state index contributed by atoms with van der Waals surface area (Å²) in [7, 11) is -3.44. The Morgan fingerprint density at radius 2 is 1.77 bits per heavy atom. The number of nitrogens with two attached hydrogens (primary N) is 1. The fraction of sp³-hybridized carbons (Fsp3) is 0.350. The van der Waals surface area contributed by atoms with E-state index in [0.717, 1.165) is 12.0 Å². The molecular weight excluding hydrogens is 348 g/mol. The smallest absolute Gasteiger partial charge is 0.253 e. The van der Waals surface area contributed by atoms with Crippen LogP contribution in [-0.4, -0.2) is 38.9 Å². The summed E-state index contributed by atoms with van der Waals surface area (Å²) in [5, 5.41) is 0. The van der Waals surface area contributed by atoms with Crippen molar-refractivity contribution >= 4 is 15.7 Å². The molecule has 5 nitrogen and oxygen atoms in total. The van der Waals surface area contributed by atoms with Gasteiger partial charge in [-0.1, -0.05) is 37.3 Å². The van der Waals surface area contributed by atoms with Gasteiger partial charge in [0.05, 0.1) is 10.6 Å². The number of benzene rings is 2. The largest absolute Gasteiger partial charge is 0.338 e. The molecule has 2 N–H and O–H groups in total. The Morgan fingerprint density at radius 1 is 1.12 bits per heavy atom. The first-order valence-electron chi connectivity index (χ1n) is 8.69. The van der Waals surface area contributed by atoms with Crippen molar-refractivity contribution in [3.63, 3.8) is 0 Å². The molecule has 0 radical (unpaired) electrons. The molecule has 1 heterocycles. The molecule has 1 saturated heterocycles. The molecular formula is C20H24N2O3S. The minimum absolute atomic E-state index is 0.0331. The summed E-state index contributed by atoms with van der Waals surface area (Å²) in [6.07, 6.45) is 0.888. The third kappa shape index (κ3) is 3.97. The molecule has 1 amide bonds. The van der Waals surface area contributed by atoms with Gasteiger partial charge in [0.15, 0.2) is 9.84 Å². The maximum Gasteiger partial charge on any atom is 0.253 e. The maximum absolute atomic E-state index is 12.6. The van der Waals surface area contributed by atoms with Gasteiger partial charge in [0.25, 0.3) is 5.91 Å². The molecule has 0 aromatic heterocycles. The Labute approximate surface area is 154 Å². The van der Waals surface area contributed by atoms with Crippen LogP contribution in [0, 0.1) is 5.41 Å². The summed E-state index contributed by atoms with van der Waals surface area (Å²) in [4.78, 5) is 14.7. The molecule has 26 heavy (non-hydrogen) atoms. The van der Waals surface area contributed by atoms with E-state index in [-0.39, 0.29) is 22.0 Å². The van der Waals surface area contributed by atoms with Crippen molar-refractivity contribution < 1.29 is 13.2 Å². The molecule has 3 rings (SSSR count). The average Bonchev–Trinajstić information content (AvgIpc) is 3.05. The second-order valence-electron chi connectivity index (χ2n) is 7.26. The molecule has 0 spiro atoms. The van der Waals surface area contributed by atoms with Gasteiger partial charge in [-0.2, -0.15) is 0 Å². The van der Waals surface area contributed by atoms with Crippen molar-refractivity contribution in [2.75, 3.05) is 19.6 Å². The molecule has 1 unspecified atom stereocenters. The first kappa shape index (κ1) is 18.6. The zero-order valence-corrected chi connectivity index (χ0v) is 15.7. The topological polar surface area (TPSA) is 80.5 Å². The van der Waals surface area contributed by atoms with Crippen LogP contribution in [0.1, 0.15) is 29.3 Å². The number of hydrogen-bond donors (Lipinski definition) is 1. The Morgan fingerprint density at radius 3 is 2.35 bits per heavy atom. The second kappa shape index (κ2) is 7.21. The van der Waals surface area contributed by atoms with E-state index in [4.69, 9.17) is 5.73 Å². The lowest BCUT2D eigenvalue weighted by Gasteiger charge is -2.22. The Balaban J connectivity index is 1.73. The Bertz CT molecular complexity index is 879.